The number of ether oxygens (including phenoxy) is 1. The number of thiol groups is 1. The van der Waals surface area contributed by atoms with Crippen LogP contribution in [0.3, 0.4) is 0 Å². The Labute approximate surface area is 78.7 Å². The Morgan fingerprint density at radius 1 is 1.55 bits per heavy atom. The van der Waals surface area contributed by atoms with Crippen LogP contribution < -0.4 is 4.74 Å². The van der Waals surface area contributed by atoms with Crippen LogP contribution in [0.15, 0.2) is 21.5 Å². The summed E-state index contributed by atoms with van der Waals surface area (Å²) in [6, 6.07) is 3.34. The van der Waals surface area contributed by atoms with Crippen molar-refractivity contribution in [1.82, 2.24) is 0 Å². The molecular formula is C7H7BrO2S. The van der Waals surface area contributed by atoms with Gasteiger partial charge in [-0.25, -0.2) is 0 Å². The molecule has 0 saturated heterocycles. The standard InChI is InChI=1S/C7H7BrO2S/c1-10-6-3-4(11)2-5(8)7(6)9/h2-3,9,11H,1H3. The fraction of sp³-hybridized carbons (Fsp3) is 0.143. The lowest BCUT2D eigenvalue weighted by Crippen LogP contribution is -1.84. The molecule has 1 N–H and O–H groups in total. The highest BCUT2D eigenvalue weighted by Gasteiger charge is 2.05. The molecule has 0 aliphatic rings. The SMILES string of the molecule is COc1cc(S)cc(Br)c1O. The average molecular weight is 235 g/mol. The van der Waals surface area contributed by atoms with E-state index in [2.05, 4.69) is 28.6 Å². The number of benzene rings is 1. The number of halogens is 1. The van der Waals surface area contributed by atoms with E-state index in [9.17, 15) is 5.11 Å². The van der Waals surface area contributed by atoms with E-state index in [1.54, 1.807) is 12.1 Å². The van der Waals surface area contributed by atoms with Crippen LogP contribution >= 0.6 is 28.6 Å². The van der Waals surface area contributed by atoms with Crippen molar-refractivity contribution in [1.29, 1.82) is 0 Å². The minimum atomic E-state index is 0.102. The maximum absolute atomic E-state index is 9.32. The van der Waals surface area contributed by atoms with Crippen molar-refractivity contribution >= 4 is 28.6 Å². The topological polar surface area (TPSA) is 29.5 Å². The van der Waals surface area contributed by atoms with Crippen molar-refractivity contribution in [3.8, 4) is 11.5 Å². The zero-order valence-electron chi connectivity index (χ0n) is 5.84. The second-order valence-electron chi connectivity index (χ2n) is 1.98. The smallest absolute Gasteiger partial charge is 0.172 e. The van der Waals surface area contributed by atoms with Crippen molar-refractivity contribution in [2.45, 2.75) is 4.90 Å². The average Bonchev–Trinajstić information content (AvgIpc) is 1.96. The lowest BCUT2D eigenvalue weighted by Gasteiger charge is -2.04. The summed E-state index contributed by atoms with van der Waals surface area (Å²) in [5.41, 5.74) is 0. The van der Waals surface area contributed by atoms with Crippen LogP contribution in [0, 0.1) is 0 Å². The van der Waals surface area contributed by atoms with Crippen molar-refractivity contribution in [2.24, 2.45) is 0 Å². The van der Waals surface area contributed by atoms with Gasteiger partial charge >= 0.3 is 0 Å². The van der Waals surface area contributed by atoms with Crippen molar-refractivity contribution in [3.05, 3.63) is 16.6 Å². The number of phenolic OH excluding ortho intramolecular Hbond substituents is 1. The summed E-state index contributed by atoms with van der Waals surface area (Å²) >= 11 is 7.26. The molecule has 11 heavy (non-hydrogen) atoms. The predicted molar refractivity (Wildman–Crippen MR) is 49.6 cm³/mol. The summed E-state index contributed by atoms with van der Waals surface area (Å²) in [6.07, 6.45) is 0. The van der Waals surface area contributed by atoms with Gasteiger partial charge < -0.3 is 9.84 Å². The van der Waals surface area contributed by atoms with Gasteiger partial charge in [-0.1, -0.05) is 0 Å². The van der Waals surface area contributed by atoms with Crippen LogP contribution in [0.2, 0.25) is 0 Å². The lowest BCUT2D eigenvalue weighted by molar-refractivity contribution is 0.371. The number of rotatable bonds is 1. The van der Waals surface area contributed by atoms with Crippen LogP contribution in [0.4, 0.5) is 0 Å². The predicted octanol–water partition coefficient (Wildman–Crippen LogP) is 2.45. The van der Waals surface area contributed by atoms with Crippen LogP contribution in [0.5, 0.6) is 11.5 Å². The fourth-order valence-electron chi connectivity index (χ4n) is 0.716. The van der Waals surface area contributed by atoms with E-state index in [1.165, 1.54) is 7.11 Å². The highest BCUT2D eigenvalue weighted by Crippen LogP contribution is 2.35. The quantitative estimate of drug-likeness (QED) is 0.732. The molecule has 0 amide bonds. The van der Waals surface area contributed by atoms with Gasteiger partial charge in [-0.2, -0.15) is 0 Å². The molecule has 0 unspecified atom stereocenters. The molecule has 0 spiro atoms. The summed E-state index contributed by atoms with van der Waals surface area (Å²) in [4.78, 5) is 0.742. The molecule has 0 aromatic heterocycles. The molecule has 0 heterocycles. The number of methoxy groups -OCH3 is 1. The van der Waals surface area contributed by atoms with E-state index < -0.39 is 0 Å². The Bertz CT molecular complexity index is 275. The van der Waals surface area contributed by atoms with E-state index in [4.69, 9.17) is 4.74 Å². The largest absolute Gasteiger partial charge is 0.503 e. The maximum Gasteiger partial charge on any atom is 0.172 e. The second kappa shape index (κ2) is 3.36. The van der Waals surface area contributed by atoms with Crippen LogP contribution in [-0.2, 0) is 0 Å². The molecule has 0 aliphatic heterocycles. The Balaban J connectivity index is 3.24. The summed E-state index contributed by atoms with van der Waals surface area (Å²) < 4.78 is 5.46. The first-order valence-corrected chi connectivity index (χ1v) is 4.14. The van der Waals surface area contributed by atoms with Gasteiger partial charge in [-0.05, 0) is 28.1 Å². The Kier molecular flexibility index (Phi) is 2.67. The van der Waals surface area contributed by atoms with Crippen LogP contribution in [-0.4, -0.2) is 12.2 Å². The zero-order chi connectivity index (χ0) is 8.43. The number of hydrogen-bond donors (Lipinski definition) is 2. The molecule has 0 atom stereocenters. The van der Waals surface area contributed by atoms with Crippen molar-refractivity contribution < 1.29 is 9.84 Å². The molecule has 60 valence electrons. The third-order valence-corrected chi connectivity index (χ3v) is 2.10. The van der Waals surface area contributed by atoms with Crippen molar-refractivity contribution in [3.63, 3.8) is 0 Å². The molecule has 0 saturated carbocycles. The third-order valence-electron chi connectivity index (χ3n) is 1.23. The third kappa shape index (κ3) is 1.81. The summed E-state index contributed by atoms with van der Waals surface area (Å²) in [6.45, 7) is 0. The minimum Gasteiger partial charge on any atom is -0.503 e. The maximum atomic E-state index is 9.32. The summed E-state index contributed by atoms with van der Waals surface area (Å²) in [5, 5.41) is 9.32. The van der Waals surface area contributed by atoms with Gasteiger partial charge in [0.2, 0.25) is 0 Å². The number of hydrogen-bond acceptors (Lipinski definition) is 3. The zero-order valence-corrected chi connectivity index (χ0v) is 8.32. The normalized spacial score (nSPS) is 9.73. The van der Waals surface area contributed by atoms with Gasteiger partial charge in [0.05, 0.1) is 11.6 Å². The molecule has 0 bridgehead atoms. The number of phenols is 1. The van der Waals surface area contributed by atoms with E-state index in [0.29, 0.717) is 10.2 Å². The van der Waals surface area contributed by atoms with E-state index in [-0.39, 0.29) is 5.75 Å². The Morgan fingerprint density at radius 3 is 2.73 bits per heavy atom. The molecule has 1 aromatic rings. The molecular weight excluding hydrogens is 228 g/mol. The number of aromatic hydroxyl groups is 1. The molecule has 0 fully saturated rings. The fourth-order valence-corrected chi connectivity index (χ4v) is 1.58. The monoisotopic (exact) mass is 234 g/mol. The molecule has 2 nitrogen and oxygen atoms in total. The van der Waals surface area contributed by atoms with Crippen molar-refractivity contribution in [2.75, 3.05) is 7.11 Å². The highest BCUT2D eigenvalue weighted by molar-refractivity contribution is 9.10. The van der Waals surface area contributed by atoms with E-state index in [0.717, 1.165) is 4.90 Å². The summed E-state index contributed by atoms with van der Waals surface area (Å²) in [7, 11) is 1.49. The Morgan fingerprint density at radius 2 is 2.18 bits per heavy atom. The first kappa shape index (κ1) is 8.74. The van der Waals surface area contributed by atoms with Gasteiger partial charge in [0.1, 0.15) is 0 Å². The first-order valence-electron chi connectivity index (χ1n) is 2.90. The molecule has 4 heteroatoms. The van der Waals surface area contributed by atoms with Crippen LogP contribution in [0.25, 0.3) is 0 Å². The Hall–Kier alpha value is -0.350. The molecule has 1 rings (SSSR count). The van der Waals surface area contributed by atoms with Gasteiger partial charge in [0.25, 0.3) is 0 Å². The van der Waals surface area contributed by atoms with Gasteiger partial charge in [0.15, 0.2) is 11.5 Å². The van der Waals surface area contributed by atoms with Gasteiger partial charge in [-0.3, -0.25) is 0 Å². The molecule has 0 radical (unpaired) electrons. The second-order valence-corrected chi connectivity index (χ2v) is 3.35. The lowest BCUT2D eigenvalue weighted by atomic mass is 10.3. The molecule has 1 aromatic carbocycles. The minimum absolute atomic E-state index is 0.102. The highest BCUT2D eigenvalue weighted by atomic mass is 79.9. The van der Waals surface area contributed by atoms with Gasteiger partial charge in [0, 0.05) is 4.90 Å². The molecule has 0 aliphatic carbocycles. The summed E-state index contributed by atoms with van der Waals surface area (Å²) in [5.74, 6) is 0.523. The van der Waals surface area contributed by atoms with E-state index >= 15 is 0 Å². The van der Waals surface area contributed by atoms with Gasteiger partial charge in [-0.15, -0.1) is 12.6 Å². The van der Waals surface area contributed by atoms with E-state index in [1.807, 2.05) is 0 Å². The van der Waals surface area contributed by atoms with Crippen LogP contribution in [0.1, 0.15) is 0 Å². The first-order chi connectivity index (χ1) is 5.15.